The number of carboxylic acids is 1. The van der Waals surface area contributed by atoms with Crippen LogP contribution in [0.25, 0.3) is 5.69 Å². The van der Waals surface area contributed by atoms with Crippen LogP contribution in [0.15, 0.2) is 36.8 Å². The maximum atomic E-state index is 10.8. The minimum Gasteiger partial charge on any atom is -0.508 e. The molecule has 1 aromatic carbocycles. The number of hydrogen-bond acceptors (Lipinski definition) is 3. The van der Waals surface area contributed by atoms with Crippen LogP contribution >= 0.6 is 0 Å². The fourth-order valence-corrected chi connectivity index (χ4v) is 1.27. The number of aromatic hydroxyl groups is 1. The number of imidazole rings is 1. The van der Waals surface area contributed by atoms with Crippen LogP contribution in [0.4, 0.5) is 0 Å². The number of nitrogens with zero attached hydrogens (tertiary/aromatic N) is 2. The summed E-state index contributed by atoms with van der Waals surface area (Å²) < 4.78 is 1.43. The Morgan fingerprint density at radius 3 is 2.53 bits per heavy atom. The summed E-state index contributed by atoms with van der Waals surface area (Å²) in [5, 5.41) is 18.0. The summed E-state index contributed by atoms with van der Waals surface area (Å²) in [7, 11) is 0. The first-order valence-corrected chi connectivity index (χ1v) is 4.23. The van der Waals surface area contributed by atoms with Gasteiger partial charge in [0.2, 0.25) is 0 Å². The highest BCUT2D eigenvalue weighted by Gasteiger charge is 2.10. The van der Waals surface area contributed by atoms with Gasteiger partial charge in [-0.2, -0.15) is 0 Å². The Morgan fingerprint density at radius 1 is 1.27 bits per heavy atom. The molecule has 0 unspecified atom stereocenters. The number of aromatic carboxylic acids is 1. The molecule has 0 aliphatic rings. The van der Waals surface area contributed by atoms with Gasteiger partial charge in [-0.3, -0.25) is 4.57 Å². The van der Waals surface area contributed by atoms with Gasteiger partial charge in [-0.05, 0) is 24.3 Å². The zero-order chi connectivity index (χ0) is 10.8. The van der Waals surface area contributed by atoms with Crippen molar-refractivity contribution in [2.75, 3.05) is 0 Å². The predicted molar refractivity (Wildman–Crippen MR) is 52.2 cm³/mol. The van der Waals surface area contributed by atoms with E-state index in [2.05, 4.69) is 4.98 Å². The second kappa shape index (κ2) is 3.45. The highest BCUT2D eigenvalue weighted by atomic mass is 16.4. The van der Waals surface area contributed by atoms with Crippen LogP contribution in [-0.2, 0) is 0 Å². The number of phenolic OH excluding ortho intramolecular Hbond substituents is 1. The molecule has 0 amide bonds. The summed E-state index contributed by atoms with van der Waals surface area (Å²) >= 11 is 0. The molecule has 2 aromatic rings. The van der Waals surface area contributed by atoms with Crippen molar-refractivity contribution in [3.8, 4) is 11.4 Å². The number of benzene rings is 1. The van der Waals surface area contributed by atoms with Crippen molar-refractivity contribution in [2.45, 2.75) is 0 Å². The minimum atomic E-state index is -1.04. The van der Waals surface area contributed by atoms with E-state index in [1.807, 2.05) is 0 Å². The van der Waals surface area contributed by atoms with Gasteiger partial charge in [0.05, 0.1) is 12.5 Å². The second-order valence-electron chi connectivity index (χ2n) is 2.97. The highest BCUT2D eigenvalue weighted by Crippen LogP contribution is 2.15. The van der Waals surface area contributed by atoms with Crippen LogP contribution in [0.2, 0.25) is 0 Å². The molecule has 0 radical (unpaired) electrons. The Hall–Kier alpha value is -2.30. The topological polar surface area (TPSA) is 75.3 Å². The van der Waals surface area contributed by atoms with Gasteiger partial charge in [0.25, 0.3) is 0 Å². The van der Waals surface area contributed by atoms with E-state index in [0.29, 0.717) is 5.69 Å². The van der Waals surface area contributed by atoms with Crippen molar-refractivity contribution >= 4 is 5.97 Å². The average Bonchev–Trinajstić information content (AvgIpc) is 2.67. The summed E-state index contributed by atoms with van der Waals surface area (Å²) in [4.78, 5) is 14.6. The Kier molecular flexibility index (Phi) is 2.13. The van der Waals surface area contributed by atoms with E-state index in [1.165, 1.54) is 29.2 Å². The molecule has 0 fully saturated rings. The second-order valence-corrected chi connectivity index (χ2v) is 2.97. The highest BCUT2D eigenvalue weighted by molar-refractivity contribution is 5.86. The Morgan fingerprint density at radius 2 is 1.93 bits per heavy atom. The van der Waals surface area contributed by atoms with E-state index in [1.54, 1.807) is 12.1 Å². The van der Waals surface area contributed by atoms with Crippen molar-refractivity contribution in [3.05, 3.63) is 42.5 Å². The van der Waals surface area contributed by atoms with Crippen LogP contribution in [0.3, 0.4) is 0 Å². The normalized spacial score (nSPS) is 10.1. The van der Waals surface area contributed by atoms with Crippen LogP contribution in [-0.4, -0.2) is 25.7 Å². The number of rotatable bonds is 2. The fourth-order valence-electron chi connectivity index (χ4n) is 1.27. The van der Waals surface area contributed by atoms with E-state index >= 15 is 0 Å². The molecule has 0 aliphatic carbocycles. The Labute approximate surface area is 85.2 Å². The molecule has 0 saturated carbocycles. The minimum absolute atomic E-state index is 0.0840. The first kappa shape index (κ1) is 9.26. The van der Waals surface area contributed by atoms with Gasteiger partial charge in [0.1, 0.15) is 5.75 Å². The summed E-state index contributed by atoms with van der Waals surface area (Å²) in [5.41, 5.74) is 0.725. The third kappa shape index (κ3) is 1.67. The van der Waals surface area contributed by atoms with Gasteiger partial charge in [-0.15, -0.1) is 0 Å². The van der Waals surface area contributed by atoms with Gasteiger partial charge in [-0.1, -0.05) is 0 Å². The molecule has 0 spiro atoms. The van der Waals surface area contributed by atoms with Gasteiger partial charge < -0.3 is 10.2 Å². The zero-order valence-electron chi connectivity index (χ0n) is 7.66. The summed E-state index contributed by atoms with van der Waals surface area (Å²) in [5.74, 6) is -0.906. The largest absolute Gasteiger partial charge is 0.508 e. The van der Waals surface area contributed by atoms with E-state index in [4.69, 9.17) is 10.2 Å². The van der Waals surface area contributed by atoms with Crippen molar-refractivity contribution in [3.63, 3.8) is 0 Å². The number of phenols is 1. The van der Waals surface area contributed by atoms with Crippen molar-refractivity contribution in [2.24, 2.45) is 0 Å². The summed E-state index contributed by atoms with van der Waals surface area (Å²) in [6.45, 7) is 0. The molecule has 5 heteroatoms. The summed E-state index contributed by atoms with van der Waals surface area (Å²) in [6, 6.07) is 6.20. The lowest BCUT2D eigenvalue weighted by molar-refractivity contribution is 0.0688. The first-order valence-electron chi connectivity index (χ1n) is 4.23. The maximum Gasteiger partial charge on any atom is 0.354 e. The van der Waals surface area contributed by atoms with Gasteiger partial charge in [0.15, 0.2) is 5.69 Å². The molecule has 0 saturated heterocycles. The fraction of sp³-hybridized carbons (Fsp3) is 0. The molecule has 0 atom stereocenters. The van der Waals surface area contributed by atoms with Gasteiger partial charge in [-0.25, -0.2) is 9.78 Å². The lowest BCUT2D eigenvalue weighted by atomic mass is 10.3. The lowest BCUT2D eigenvalue weighted by Gasteiger charge is -2.04. The first-order chi connectivity index (χ1) is 7.18. The summed E-state index contributed by atoms with van der Waals surface area (Å²) in [6.07, 6.45) is 2.69. The molecule has 76 valence electrons. The smallest absolute Gasteiger partial charge is 0.354 e. The SMILES string of the molecule is O=C(O)c1cncn1-c1ccc(O)cc1. The lowest BCUT2D eigenvalue weighted by Crippen LogP contribution is -2.05. The van der Waals surface area contributed by atoms with E-state index < -0.39 is 5.97 Å². The molecular weight excluding hydrogens is 196 g/mol. The third-order valence-corrected chi connectivity index (χ3v) is 1.99. The molecular formula is C10H8N2O3. The number of carbonyl (C=O) groups is 1. The zero-order valence-corrected chi connectivity index (χ0v) is 7.66. The predicted octanol–water partition coefficient (Wildman–Crippen LogP) is 1.28. The van der Waals surface area contributed by atoms with E-state index in [-0.39, 0.29) is 11.4 Å². The van der Waals surface area contributed by atoms with Crippen LogP contribution < -0.4 is 0 Å². The molecule has 1 aromatic heterocycles. The maximum absolute atomic E-state index is 10.8. The number of aromatic nitrogens is 2. The van der Waals surface area contributed by atoms with Crippen molar-refractivity contribution in [1.29, 1.82) is 0 Å². The Balaban J connectivity index is 2.49. The van der Waals surface area contributed by atoms with Crippen LogP contribution in [0.1, 0.15) is 10.5 Å². The quantitative estimate of drug-likeness (QED) is 0.772. The van der Waals surface area contributed by atoms with Gasteiger partial charge in [0, 0.05) is 5.69 Å². The van der Waals surface area contributed by atoms with Crippen LogP contribution in [0, 0.1) is 0 Å². The standard InChI is InChI=1S/C10H8N2O3/c13-8-3-1-7(2-4-8)12-6-11-5-9(12)10(14)15/h1-6,13H,(H,14,15). The molecule has 15 heavy (non-hydrogen) atoms. The number of hydrogen-bond donors (Lipinski definition) is 2. The van der Waals surface area contributed by atoms with E-state index in [0.717, 1.165) is 0 Å². The molecule has 0 bridgehead atoms. The van der Waals surface area contributed by atoms with Crippen LogP contribution in [0.5, 0.6) is 5.75 Å². The molecule has 2 N–H and O–H groups in total. The Bertz CT molecular complexity index is 488. The third-order valence-electron chi connectivity index (χ3n) is 1.99. The van der Waals surface area contributed by atoms with Gasteiger partial charge >= 0.3 is 5.97 Å². The number of carboxylic acid groups (broad SMARTS) is 1. The van der Waals surface area contributed by atoms with Crippen molar-refractivity contribution in [1.82, 2.24) is 9.55 Å². The van der Waals surface area contributed by atoms with Crippen molar-refractivity contribution < 1.29 is 15.0 Å². The van der Waals surface area contributed by atoms with E-state index in [9.17, 15) is 4.79 Å². The molecule has 1 heterocycles. The molecule has 5 nitrogen and oxygen atoms in total. The molecule has 0 aliphatic heterocycles. The monoisotopic (exact) mass is 204 g/mol. The molecule has 2 rings (SSSR count). The average molecular weight is 204 g/mol.